The van der Waals surface area contributed by atoms with Crippen molar-refractivity contribution in [3.63, 3.8) is 0 Å². The zero-order chi connectivity index (χ0) is 3.41. The van der Waals surface area contributed by atoms with Crippen molar-refractivity contribution in [1.82, 2.24) is 0 Å². The van der Waals surface area contributed by atoms with Gasteiger partial charge in [-0.15, -0.1) is 0 Å². The molecule has 0 amide bonds. The van der Waals surface area contributed by atoms with E-state index in [2.05, 4.69) is 6.08 Å². The van der Waals surface area contributed by atoms with Crippen molar-refractivity contribution in [2.45, 2.75) is 13.8 Å². The van der Waals surface area contributed by atoms with E-state index < -0.39 is 0 Å². The van der Waals surface area contributed by atoms with Gasteiger partial charge in [-0.05, 0) is 0 Å². The Morgan fingerprint density at radius 1 is 1.60 bits per heavy atom. The molecule has 0 N–H and O–H groups in total. The summed E-state index contributed by atoms with van der Waals surface area (Å²) in [7, 11) is 0. The molecule has 0 atom stereocenters. The Balaban J connectivity index is 0. The van der Waals surface area contributed by atoms with E-state index in [1.165, 1.54) is 0 Å². The Labute approximate surface area is 82.4 Å². The average molecular weight is 141 g/mol. The van der Waals surface area contributed by atoms with Gasteiger partial charge in [0.05, 0.1) is 0 Å². The van der Waals surface area contributed by atoms with Crippen LogP contribution in [0.15, 0.2) is 6.08 Å². The molecular weight excluding hydrogens is 134 g/mol. The molecule has 5 heavy (non-hydrogen) atoms. The molecule has 0 radical (unpaired) electrons. The number of hydrogen-bond acceptors (Lipinski definition) is 0. The predicted molar refractivity (Wildman–Crippen MR) is 19.2 cm³/mol. The van der Waals surface area contributed by atoms with Gasteiger partial charge in [-0.25, -0.2) is 0 Å². The van der Waals surface area contributed by atoms with Crippen LogP contribution in [-0.2, 0) is 0 Å². The van der Waals surface area contributed by atoms with Gasteiger partial charge in [-0.2, -0.15) is 6.92 Å². The third-order valence-corrected chi connectivity index (χ3v) is 0.289. The summed E-state index contributed by atoms with van der Waals surface area (Å²) in [5.41, 5.74) is 0. The van der Waals surface area contributed by atoms with E-state index >= 15 is 0 Å². The van der Waals surface area contributed by atoms with Crippen LogP contribution in [0.3, 0.4) is 0 Å². The summed E-state index contributed by atoms with van der Waals surface area (Å²) in [4.78, 5) is 0. The molecule has 0 fully saturated rings. The summed E-state index contributed by atoms with van der Waals surface area (Å²) in [5, 5.41) is 0. The molecule has 0 unspecified atom stereocenters. The molecule has 0 aromatic carbocycles. The summed E-state index contributed by atoms with van der Waals surface area (Å²) < 4.78 is 0. The molecule has 0 saturated heterocycles. The molecule has 0 rings (SSSR count). The molecule has 1 heteroatoms. The Morgan fingerprint density at radius 2 is 1.80 bits per heavy atom. The van der Waals surface area contributed by atoms with Crippen LogP contribution in [0.1, 0.15) is 13.8 Å². The average Bonchev–Trinajstić information content (AvgIpc) is 1.37. The van der Waals surface area contributed by atoms with Crippen molar-refractivity contribution in [2.24, 2.45) is 0 Å². The molecule has 0 heterocycles. The molecule has 0 nitrogen and oxygen atoms in total. The number of allylic oxidation sites excluding steroid dienone is 2. The van der Waals surface area contributed by atoms with Crippen LogP contribution >= 0.6 is 0 Å². The van der Waals surface area contributed by atoms with E-state index in [1.54, 1.807) is 0 Å². The molecule has 0 saturated carbocycles. The first kappa shape index (κ1) is 9.74. The van der Waals surface area contributed by atoms with Gasteiger partial charge in [-0.3, -0.25) is 6.08 Å². The summed E-state index contributed by atoms with van der Waals surface area (Å²) >= 11 is 0. The van der Waals surface area contributed by atoms with E-state index in [0.29, 0.717) is 0 Å². The number of hydrogen-bond donors (Lipinski definition) is 0. The van der Waals surface area contributed by atoms with Crippen LogP contribution < -0.4 is 58.2 Å². The Hall–Kier alpha value is 1.55. The SMILES string of the molecule is C[C-]=CC.[Rb+]. The first-order chi connectivity index (χ1) is 1.91. The molecule has 0 bridgehead atoms. The summed E-state index contributed by atoms with van der Waals surface area (Å²) in [6.07, 6.45) is 4.68. The Kier molecular flexibility index (Phi) is 17.8. The quantitative estimate of drug-likeness (QED) is 0.355. The Bertz CT molecular complexity index is 18.8. The summed E-state index contributed by atoms with van der Waals surface area (Å²) in [5.74, 6) is 0. The van der Waals surface area contributed by atoms with Crippen molar-refractivity contribution < 1.29 is 58.2 Å². The smallest absolute Gasteiger partial charge is 0.504 e. The number of rotatable bonds is 0. The third-order valence-electron chi connectivity index (χ3n) is 0.289. The normalized spacial score (nSPS) is 7.60. The second kappa shape index (κ2) is 9.11. The second-order valence-corrected chi connectivity index (χ2v) is 0.577. The largest absolute Gasteiger partial charge is 1.00 e. The molecule has 0 aliphatic heterocycles. The fourth-order valence-corrected chi connectivity index (χ4v) is 0. The van der Waals surface area contributed by atoms with Gasteiger partial charge < -0.3 is 6.08 Å². The molecule has 0 aromatic rings. The van der Waals surface area contributed by atoms with E-state index in [-0.39, 0.29) is 58.2 Å². The van der Waals surface area contributed by atoms with Crippen LogP contribution in [0.2, 0.25) is 0 Å². The van der Waals surface area contributed by atoms with E-state index in [9.17, 15) is 0 Å². The minimum atomic E-state index is 0. The van der Waals surface area contributed by atoms with Crippen LogP contribution in [0.25, 0.3) is 0 Å². The van der Waals surface area contributed by atoms with Crippen molar-refractivity contribution in [1.29, 1.82) is 0 Å². The molecule has 0 aromatic heterocycles. The fourth-order valence-electron chi connectivity index (χ4n) is 0. The van der Waals surface area contributed by atoms with E-state index in [0.717, 1.165) is 0 Å². The van der Waals surface area contributed by atoms with Crippen LogP contribution in [0, 0.1) is 6.08 Å². The zero-order valence-corrected chi connectivity index (χ0v) is 8.99. The van der Waals surface area contributed by atoms with Crippen molar-refractivity contribution in [3.8, 4) is 0 Å². The third kappa shape index (κ3) is 10.8. The van der Waals surface area contributed by atoms with Crippen LogP contribution in [0.5, 0.6) is 0 Å². The molecule has 0 aliphatic rings. The maximum Gasteiger partial charge on any atom is 1.00 e. The van der Waals surface area contributed by atoms with Crippen LogP contribution in [-0.4, -0.2) is 0 Å². The Morgan fingerprint density at radius 3 is 1.80 bits per heavy atom. The predicted octanol–water partition coefficient (Wildman–Crippen LogP) is -1.61. The van der Waals surface area contributed by atoms with Crippen molar-refractivity contribution in [2.75, 3.05) is 0 Å². The maximum absolute atomic E-state index is 2.81. The minimum Gasteiger partial charge on any atom is -0.504 e. The monoisotopic (exact) mass is 140 g/mol. The second-order valence-electron chi connectivity index (χ2n) is 0.577. The molecule has 0 aliphatic carbocycles. The first-order valence-corrected chi connectivity index (χ1v) is 1.37. The summed E-state index contributed by atoms with van der Waals surface area (Å²) in [6.45, 7) is 3.82. The molecule has 0 spiro atoms. The van der Waals surface area contributed by atoms with Gasteiger partial charge in [-0.1, -0.05) is 6.92 Å². The topological polar surface area (TPSA) is 0 Å². The van der Waals surface area contributed by atoms with Crippen molar-refractivity contribution in [3.05, 3.63) is 12.2 Å². The maximum atomic E-state index is 2.81. The van der Waals surface area contributed by atoms with Gasteiger partial charge in [0, 0.05) is 0 Å². The van der Waals surface area contributed by atoms with Gasteiger partial charge in [0.1, 0.15) is 0 Å². The zero-order valence-electron chi connectivity index (χ0n) is 4.08. The van der Waals surface area contributed by atoms with Crippen LogP contribution in [0.4, 0.5) is 0 Å². The minimum absolute atomic E-state index is 0. The van der Waals surface area contributed by atoms with Gasteiger partial charge in [0.2, 0.25) is 0 Å². The summed E-state index contributed by atoms with van der Waals surface area (Å²) in [6, 6.07) is 0. The van der Waals surface area contributed by atoms with E-state index in [1.807, 2.05) is 19.9 Å². The van der Waals surface area contributed by atoms with Gasteiger partial charge in [0.25, 0.3) is 0 Å². The first-order valence-electron chi connectivity index (χ1n) is 1.37. The molecule has 24 valence electrons. The van der Waals surface area contributed by atoms with Gasteiger partial charge in [0.15, 0.2) is 0 Å². The standard InChI is InChI=1S/C4H7.Rb/c1-3-4-2;/h3H,1-2H3;/q-1;+1. The van der Waals surface area contributed by atoms with Crippen molar-refractivity contribution >= 4 is 0 Å². The van der Waals surface area contributed by atoms with E-state index in [4.69, 9.17) is 0 Å². The van der Waals surface area contributed by atoms with Gasteiger partial charge >= 0.3 is 58.2 Å². The molecular formula is C4H7Rb. The fraction of sp³-hybridized carbons (Fsp3) is 0.500.